The Morgan fingerprint density at radius 1 is 0.704 bits per heavy atom. The van der Waals surface area contributed by atoms with Crippen LogP contribution in [0.15, 0.2) is 68.5 Å². The van der Waals surface area contributed by atoms with Gasteiger partial charge in [0.2, 0.25) is 5.13 Å². The van der Waals surface area contributed by atoms with Gasteiger partial charge in [-0.25, -0.2) is 9.98 Å². The normalized spacial score (nSPS) is 17.8. The second kappa shape index (κ2) is 5.92. The van der Waals surface area contributed by atoms with E-state index in [-0.39, 0.29) is 5.95 Å². The van der Waals surface area contributed by atoms with Crippen molar-refractivity contribution in [2.75, 3.05) is 0 Å². The van der Waals surface area contributed by atoms with Gasteiger partial charge in [-0.05, 0) is 0 Å². The van der Waals surface area contributed by atoms with E-state index in [1.165, 1.54) is 0 Å². The summed E-state index contributed by atoms with van der Waals surface area (Å²) >= 11 is 1.13. The van der Waals surface area contributed by atoms with E-state index in [9.17, 15) is 0 Å². The Bertz CT molecular complexity index is 1110. The average molecular weight is 372 g/mol. The molecule has 0 atom stereocenters. The van der Waals surface area contributed by atoms with E-state index < -0.39 is 0 Å². The van der Waals surface area contributed by atoms with E-state index in [1.54, 1.807) is 0 Å². The summed E-state index contributed by atoms with van der Waals surface area (Å²) in [5.41, 5.74) is 15.4. The Morgan fingerprint density at radius 2 is 1.22 bits per heavy atom. The molecule has 8 nitrogen and oxygen atoms in total. The monoisotopic (exact) mass is 372 g/mol. The van der Waals surface area contributed by atoms with Crippen LogP contribution >= 0.6 is 11.5 Å². The minimum Gasteiger partial charge on any atom is -0.383 e. The Hall–Kier alpha value is -3.72. The molecule has 2 aliphatic heterocycles. The third-order valence-electron chi connectivity index (χ3n) is 4.15. The number of aliphatic imine (C=N–C) groups is 4. The third kappa shape index (κ3) is 2.61. The predicted octanol–water partition coefficient (Wildman–Crippen LogP) is 2.13. The van der Waals surface area contributed by atoms with E-state index >= 15 is 0 Å². The molecule has 0 aliphatic carbocycles. The molecule has 0 saturated carbocycles. The Labute approximate surface area is 157 Å². The highest BCUT2D eigenvalue weighted by Gasteiger charge is 2.21. The molecule has 4 N–H and O–H groups in total. The van der Waals surface area contributed by atoms with Gasteiger partial charge in [0, 0.05) is 33.8 Å². The summed E-state index contributed by atoms with van der Waals surface area (Å²) in [6.07, 6.45) is 0. The molecule has 3 aromatic rings. The molecule has 27 heavy (non-hydrogen) atoms. The molecule has 0 radical (unpaired) electrons. The largest absolute Gasteiger partial charge is 0.383 e. The quantitative estimate of drug-likeness (QED) is 0.714. The predicted molar refractivity (Wildman–Crippen MR) is 107 cm³/mol. The van der Waals surface area contributed by atoms with Gasteiger partial charge in [0.25, 0.3) is 5.95 Å². The van der Waals surface area contributed by atoms with Crippen LogP contribution in [0.3, 0.4) is 0 Å². The number of benzene rings is 2. The average Bonchev–Trinajstić information content (AvgIpc) is 3.35. The van der Waals surface area contributed by atoms with E-state index in [1.807, 2.05) is 48.5 Å². The zero-order chi connectivity index (χ0) is 18.4. The van der Waals surface area contributed by atoms with Crippen LogP contribution in [0.5, 0.6) is 0 Å². The lowest BCUT2D eigenvalue weighted by molar-refractivity contribution is 1.23. The first-order chi connectivity index (χ1) is 13.2. The van der Waals surface area contributed by atoms with Gasteiger partial charge < -0.3 is 11.5 Å². The highest BCUT2D eigenvalue weighted by atomic mass is 32.1. The minimum absolute atomic E-state index is 0.283. The fourth-order valence-corrected chi connectivity index (χ4v) is 3.42. The summed E-state index contributed by atoms with van der Waals surface area (Å²) in [6, 6.07) is 15.3. The number of rotatable bonds is 2. The minimum atomic E-state index is 0.283. The molecule has 2 aromatic carbocycles. The summed E-state index contributed by atoms with van der Waals surface area (Å²) < 4.78 is 4.24. The van der Waals surface area contributed by atoms with Gasteiger partial charge >= 0.3 is 0 Å². The lowest BCUT2D eigenvalue weighted by Crippen LogP contribution is -2.09. The van der Waals surface area contributed by atoms with Crippen LogP contribution in [0.2, 0.25) is 0 Å². The standard InChI is InChI=1S/C18H12N8S/c19-13-9-5-1-3-7-11(9)15(21-13)23-17-25-18(27-26-17)24-16-12-8-4-2-6-10(12)14(20)22-16/h1-8H,(H4,19,20,21,22,23,24,25,26). The van der Waals surface area contributed by atoms with Crippen LogP contribution in [0, 0.1) is 0 Å². The number of aromatic nitrogens is 2. The van der Waals surface area contributed by atoms with Crippen LogP contribution in [0.4, 0.5) is 11.1 Å². The van der Waals surface area contributed by atoms with Crippen molar-refractivity contribution in [2.45, 2.75) is 0 Å². The van der Waals surface area contributed by atoms with Crippen LogP contribution in [-0.2, 0) is 0 Å². The maximum atomic E-state index is 5.95. The molecule has 0 spiro atoms. The smallest absolute Gasteiger partial charge is 0.265 e. The number of nitrogens with zero attached hydrogens (tertiary/aromatic N) is 6. The SMILES string of the molecule is NC1=NC(=Nc2nsc(N=C3N=C(N)c4ccccc43)n2)c2ccccc21. The molecule has 1 aromatic heterocycles. The summed E-state index contributed by atoms with van der Waals surface area (Å²) in [4.78, 5) is 21.8. The van der Waals surface area contributed by atoms with Crippen LogP contribution in [0.25, 0.3) is 0 Å². The summed E-state index contributed by atoms with van der Waals surface area (Å²) in [6.45, 7) is 0. The van der Waals surface area contributed by atoms with Crippen molar-refractivity contribution in [3.05, 3.63) is 70.8 Å². The van der Waals surface area contributed by atoms with Gasteiger partial charge in [0.05, 0.1) is 0 Å². The molecular formula is C18H12N8S. The number of nitrogens with two attached hydrogens (primary N) is 2. The number of hydrogen-bond donors (Lipinski definition) is 2. The summed E-state index contributed by atoms with van der Waals surface area (Å²) in [7, 11) is 0. The highest BCUT2D eigenvalue weighted by Crippen LogP contribution is 2.26. The molecule has 0 fully saturated rings. The fourth-order valence-electron chi connectivity index (χ4n) is 2.93. The van der Waals surface area contributed by atoms with Crippen molar-refractivity contribution in [1.29, 1.82) is 0 Å². The van der Waals surface area contributed by atoms with Crippen LogP contribution < -0.4 is 11.5 Å². The van der Waals surface area contributed by atoms with E-state index in [0.29, 0.717) is 28.5 Å². The van der Waals surface area contributed by atoms with Crippen molar-refractivity contribution >= 4 is 46.0 Å². The molecule has 2 aliphatic rings. The van der Waals surface area contributed by atoms with E-state index in [0.717, 1.165) is 33.8 Å². The van der Waals surface area contributed by atoms with Gasteiger partial charge in [-0.1, -0.05) is 48.5 Å². The first kappa shape index (κ1) is 15.5. The topological polar surface area (TPSA) is 127 Å². The first-order valence-corrected chi connectivity index (χ1v) is 8.85. The maximum absolute atomic E-state index is 5.95. The van der Waals surface area contributed by atoms with Crippen molar-refractivity contribution < 1.29 is 0 Å². The molecule has 5 rings (SSSR count). The molecule has 0 saturated heterocycles. The molecule has 0 bridgehead atoms. The van der Waals surface area contributed by atoms with Crippen molar-refractivity contribution in [2.24, 2.45) is 31.4 Å². The summed E-state index contributed by atoms with van der Waals surface area (Å²) in [5.74, 6) is 2.18. The molecule has 0 amide bonds. The fraction of sp³-hybridized carbons (Fsp3) is 0. The van der Waals surface area contributed by atoms with Gasteiger partial charge in [0.1, 0.15) is 11.7 Å². The van der Waals surface area contributed by atoms with Crippen molar-refractivity contribution in [1.82, 2.24) is 9.36 Å². The van der Waals surface area contributed by atoms with Gasteiger partial charge in [-0.2, -0.15) is 15.0 Å². The highest BCUT2D eigenvalue weighted by molar-refractivity contribution is 7.09. The van der Waals surface area contributed by atoms with E-state index in [4.69, 9.17) is 11.5 Å². The van der Waals surface area contributed by atoms with Gasteiger partial charge in [-0.15, -0.1) is 4.37 Å². The second-order valence-electron chi connectivity index (χ2n) is 5.83. The van der Waals surface area contributed by atoms with Gasteiger partial charge in [-0.3, -0.25) is 0 Å². The third-order valence-corrected chi connectivity index (χ3v) is 4.75. The number of hydrogen-bond acceptors (Lipinski definition) is 7. The zero-order valence-corrected chi connectivity index (χ0v) is 14.7. The molecule has 0 unspecified atom stereocenters. The lowest BCUT2D eigenvalue weighted by atomic mass is 10.1. The molecular weight excluding hydrogens is 360 g/mol. The van der Waals surface area contributed by atoms with Crippen molar-refractivity contribution in [3.8, 4) is 0 Å². The number of fused-ring (bicyclic) bond motifs is 2. The van der Waals surface area contributed by atoms with Crippen molar-refractivity contribution in [3.63, 3.8) is 0 Å². The number of amidine groups is 4. The van der Waals surface area contributed by atoms with Crippen LogP contribution in [-0.4, -0.2) is 32.7 Å². The molecule has 3 heterocycles. The Kier molecular flexibility index (Phi) is 3.41. The molecule has 9 heteroatoms. The second-order valence-corrected chi connectivity index (χ2v) is 6.56. The summed E-state index contributed by atoms with van der Waals surface area (Å²) in [5, 5.41) is 0.445. The lowest BCUT2D eigenvalue weighted by Gasteiger charge is -1.97. The van der Waals surface area contributed by atoms with E-state index in [2.05, 4.69) is 29.3 Å². The maximum Gasteiger partial charge on any atom is 0.265 e. The Morgan fingerprint density at radius 3 is 1.81 bits per heavy atom. The first-order valence-electron chi connectivity index (χ1n) is 8.08. The van der Waals surface area contributed by atoms with Crippen LogP contribution in [0.1, 0.15) is 22.3 Å². The molecule has 130 valence electrons. The zero-order valence-electron chi connectivity index (χ0n) is 13.9. The van der Waals surface area contributed by atoms with Gasteiger partial charge in [0.15, 0.2) is 11.7 Å². The Balaban J connectivity index is 1.49.